The Morgan fingerprint density at radius 3 is 2.90 bits per heavy atom. The first-order valence-corrected chi connectivity index (χ1v) is 7.24. The third-order valence-corrected chi connectivity index (χ3v) is 3.96. The highest BCUT2D eigenvalue weighted by Crippen LogP contribution is 2.24. The van der Waals surface area contributed by atoms with E-state index in [1.807, 2.05) is 13.8 Å². The Labute approximate surface area is 124 Å². The first kappa shape index (κ1) is 13.7. The van der Waals surface area contributed by atoms with Crippen molar-refractivity contribution in [1.29, 1.82) is 0 Å². The Kier molecular flexibility index (Phi) is 3.64. The molecule has 1 aromatic carbocycles. The molecule has 0 unspecified atom stereocenters. The molecule has 5 heteroatoms. The van der Waals surface area contributed by atoms with Gasteiger partial charge >= 0.3 is 0 Å². The van der Waals surface area contributed by atoms with Gasteiger partial charge in [0.2, 0.25) is 0 Å². The van der Waals surface area contributed by atoms with Crippen LogP contribution >= 0.6 is 0 Å². The van der Waals surface area contributed by atoms with Gasteiger partial charge in [-0.2, -0.15) is 0 Å². The molecule has 0 radical (unpaired) electrons. The first-order chi connectivity index (χ1) is 10.1. The second-order valence-electron chi connectivity index (χ2n) is 5.47. The van der Waals surface area contributed by atoms with Crippen LogP contribution in [0.3, 0.4) is 0 Å². The standard InChI is InChI=1S/C16H20N4O/c1-10-15(11(2)21-20-10)9-18-16(17)19-14-7-6-12-4-3-5-13(12)8-14/h6-8H,3-5,9H2,1-2H3,(H3,17,18,19). The van der Waals surface area contributed by atoms with Crippen LogP contribution in [0.4, 0.5) is 5.69 Å². The summed E-state index contributed by atoms with van der Waals surface area (Å²) in [5, 5.41) is 7.06. The van der Waals surface area contributed by atoms with Crippen LogP contribution in [-0.2, 0) is 19.4 Å². The number of benzene rings is 1. The summed E-state index contributed by atoms with van der Waals surface area (Å²) in [6.07, 6.45) is 3.58. The van der Waals surface area contributed by atoms with E-state index in [1.165, 1.54) is 24.0 Å². The molecular formula is C16H20N4O. The van der Waals surface area contributed by atoms with Gasteiger partial charge in [-0.1, -0.05) is 11.2 Å². The van der Waals surface area contributed by atoms with E-state index in [4.69, 9.17) is 10.3 Å². The molecule has 1 aliphatic carbocycles. The van der Waals surface area contributed by atoms with E-state index in [2.05, 4.69) is 33.7 Å². The van der Waals surface area contributed by atoms with Gasteiger partial charge < -0.3 is 15.6 Å². The number of hydrogen-bond donors (Lipinski definition) is 2. The number of aromatic nitrogens is 1. The molecule has 1 aromatic heterocycles. The lowest BCUT2D eigenvalue weighted by atomic mass is 10.1. The summed E-state index contributed by atoms with van der Waals surface area (Å²) in [6, 6.07) is 6.40. The molecule has 0 bridgehead atoms. The number of anilines is 1. The van der Waals surface area contributed by atoms with Crippen LogP contribution in [0.1, 0.15) is 34.6 Å². The second kappa shape index (κ2) is 5.60. The van der Waals surface area contributed by atoms with E-state index >= 15 is 0 Å². The minimum absolute atomic E-state index is 0.410. The van der Waals surface area contributed by atoms with Crippen LogP contribution in [0.2, 0.25) is 0 Å². The highest BCUT2D eigenvalue weighted by molar-refractivity contribution is 5.92. The molecule has 1 heterocycles. The predicted molar refractivity (Wildman–Crippen MR) is 83.4 cm³/mol. The molecular weight excluding hydrogens is 264 g/mol. The lowest BCUT2D eigenvalue weighted by molar-refractivity contribution is 0.392. The maximum Gasteiger partial charge on any atom is 0.193 e. The van der Waals surface area contributed by atoms with Crippen molar-refractivity contribution in [2.45, 2.75) is 39.7 Å². The summed E-state index contributed by atoms with van der Waals surface area (Å²) < 4.78 is 5.12. The van der Waals surface area contributed by atoms with Crippen molar-refractivity contribution < 1.29 is 4.52 Å². The van der Waals surface area contributed by atoms with Gasteiger partial charge in [-0.3, -0.25) is 0 Å². The third kappa shape index (κ3) is 2.91. The van der Waals surface area contributed by atoms with Gasteiger partial charge in [0.15, 0.2) is 5.96 Å². The van der Waals surface area contributed by atoms with Crippen molar-refractivity contribution in [2.24, 2.45) is 10.7 Å². The van der Waals surface area contributed by atoms with E-state index in [-0.39, 0.29) is 0 Å². The van der Waals surface area contributed by atoms with Crippen molar-refractivity contribution >= 4 is 11.6 Å². The summed E-state index contributed by atoms with van der Waals surface area (Å²) in [5.41, 5.74) is 11.7. The fraction of sp³-hybridized carbons (Fsp3) is 0.375. The average Bonchev–Trinajstić information content (AvgIpc) is 3.04. The van der Waals surface area contributed by atoms with Crippen molar-refractivity contribution in [3.63, 3.8) is 0 Å². The lowest BCUT2D eigenvalue weighted by Crippen LogP contribution is -2.22. The summed E-state index contributed by atoms with van der Waals surface area (Å²) in [5.74, 6) is 1.20. The molecule has 3 rings (SSSR count). The molecule has 3 N–H and O–H groups in total. The fourth-order valence-electron chi connectivity index (χ4n) is 2.73. The molecule has 0 aliphatic heterocycles. The summed E-state index contributed by atoms with van der Waals surface area (Å²) in [7, 11) is 0. The van der Waals surface area contributed by atoms with Crippen molar-refractivity contribution in [2.75, 3.05) is 5.32 Å². The molecule has 5 nitrogen and oxygen atoms in total. The SMILES string of the molecule is Cc1noc(C)c1CN=C(N)Nc1ccc2c(c1)CCC2. The lowest BCUT2D eigenvalue weighted by Gasteiger charge is -2.08. The molecule has 110 valence electrons. The van der Waals surface area contributed by atoms with Gasteiger partial charge in [0.1, 0.15) is 5.76 Å². The van der Waals surface area contributed by atoms with Gasteiger partial charge in [-0.15, -0.1) is 0 Å². The molecule has 1 aliphatic rings. The van der Waals surface area contributed by atoms with Crippen LogP contribution in [-0.4, -0.2) is 11.1 Å². The number of nitrogens with two attached hydrogens (primary N) is 1. The van der Waals surface area contributed by atoms with E-state index in [0.717, 1.165) is 29.1 Å². The highest BCUT2D eigenvalue weighted by Gasteiger charge is 2.11. The fourth-order valence-corrected chi connectivity index (χ4v) is 2.73. The van der Waals surface area contributed by atoms with Crippen molar-refractivity contribution in [1.82, 2.24) is 5.16 Å². The number of hydrogen-bond acceptors (Lipinski definition) is 3. The molecule has 21 heavy (non-hydrogen) atoms. The molecule has 0 atom stereocenters. The van der Waals surface area contributed by atoms with E-state index in [9.17, 15) is 0 Å². The number of aliphatic imine (C=N–C) groups is 1. The predicted octanol–water partition coefficient (Wildman–Crippen LogP) is 2.71. The normalized spacial score (nSPS) is 14.3. The summed E-state index contributed by atoms with van der Waals surface area (Å²) in [6.45, 7) is 4.27. The van der Waals surface area contributed by atoms with Gasteiger partial charge in [-0.05, 0) is 56.4 Å². The number of fused-ring (bicyclic) bond motifs is 1. The highest BCUT2D eigenvalue weighted by atomic mass is 16.5. The number of aryl methyl sites for hydroxylation is 4. The zero-order chi connectivity index (χ0) is 14.8. The maximum atomic E-state index is 5.96. The van der Waals surface area contributed by atoms with Crippen molar-refractivity contribution in [3.8, 4) is 0 Å². The first-order valence-electron chi connectivity index (χ1n) is 7.24. The number of nitrogens with zero attached hydrogens (tertiary/aromatic N) is 2. The van der Waals surface area contributed by atoms with Crippen LogP contribution in [0, 0.1) is 13.8 Å². The Bertz CT molecular complexity index is 668. The Hall–Kier alpha value is -2.30. The number of guanidine groups is 1. The van der Waals surface area contributed by atoms with Crippen LogP contribution < -0.4 is 11.1 Å². The summed E-state index contributed by atoms with van der Waals surface area (Å²) >= 11 is 0. The Morgan fingerprint density at radius 2 is 2.14 bits per heavy atom. The quantitative estimate of drug-likeness (QED) is 0.671. The van der Waals surface area contributed by atoms with E-state index < -0.39 is 0 Å². The molecule has 0 saturated carbocycles. The second-order valence-corrected chi connectivity index (χ2v) is 5.47. The maximum absolute atomic E-state index is 5.96. The summed E-state index contributed by atoms with van der Waals surface area (Å²) in [4.78, 5) is 4.36. The van der Waals surface area contributed by atoms with Gasteiger partial charge in [-0.25, -0.2) is 4.99 Å². The Morgan fingerprint density at radius 1 is 1.33 bits per heavy atom. The average molecular weight is 284 g/mol. The monoisotopic (exact) mass is 284 g/mol. The van der Waals surface area contributed by atoms with E-state index in [1.54, 1.807) is 0 Å². The smallest absolute Gasteiger partial charge is 0.193 e. The largest absolute Gasteiger partial charge is 0.370 e. The number of rotatable bonds is 3. The van der Waals surface area contributed by atoms with Crippen LogP contribution in [0.25, 0.3) is 0 Å². The number of nitrogens with one attached hydrogen (secondary N) is 1. The molecule has 2 aromatic rings. The zero-order valence-corrected chi connectivity index (χ0v) is 12.4. The molecule has 0 fully saturated rings. The third-order valence-electron chi connectivity index (χ3n) is 3.96. The molecule has 0 amide bonds. The Balaban J connectivity index is 1.68. The van der Waals surface area contributed by atoms with E-state index in [0.29, 0.717) is 12.5 Å². The topological polar surface area (TPSA) is 76.4 Å². The minimum Gasteiger partial charge on any atom is -0.370 e. The van der Waals surface area contributed by atoms with Crippen LogP contribution in [0.5, 0.6) is 0 Å². The molecule has 0 saturated heterocycles. The van der Waals surface area contributed by atoms with Crippen molar-refractivity contribution in [3.05, 3.63) is 46.3 Å². The van der Waals surface area contributed by atoms with Gasteiger partial charge in [0, 0.05) is 11.3 Å². The van der Waals surface area contributed by atoms with Crippen LogP contribution in [0.15, 0.2) is 27.7 Å². The van der Waals surface area contributed by atoms with Gasteiger partial charge in [0.05, 0.1) is 12.2 Å². The molecule has 0 spiro atoms. The van der Waals surface area contributed by atoms with Gasteiger partial charge in [0.25, 0.3) is 0 Å². The minimum atomic E-state index is 0.410. The zero-order valence-electron chi connectivity index (χ0n) is 12.4.